The van der Waals surface area contributed by atoms with Gasteiger partial charge in [-0.1, -0.05) is 46.9 Å². The predicted molar refractivity (Wildman–Crippen MR) is 61.5 cm³/mol. The maximum absolute atomic E-state index is 11.8. The van der Waals surface area contributed by atoms with Crippen molar-refractivity contribution in [3.63, 3.8) is 0 Å². The van der Waals surface area contributed by atoms with Gasteiger partial charge in [-0.3, -0.25) is 4.79 Å². The van der Waals surface area contributed by atoms with Crippen LogP contribution >= 0.6 is 22.6 Å². The minimum Gasteiger partial charge on any atom is -0.293 e. The van der Waals surface area contributed by atoms with Gasteiger partial charge >= 0.3 is 0 Å². The van der Waals surface area contributed by atoms with Gasteiger partial charge in [0.15, 0.2) is 5.78 Å². The second-order valence-electron chi connectivity index (χ2n) is 3.38. The molecule has 1 unspecified atom stereocenters. The Balaban J connectivity index is 2.46. The number of Topliss-reactive ketones (excluding diaryl/α,β-unsaturated/α-hetero) is 1. The molecular weight excluding hydrogens is 275 g/mol. The summed E-state index contributed by atoms with van der Waals surface area (Å²) in [5.74, 6) is 0.314. The molecule has 0 bridgehead atoms. The fraction of sp³-hybridized carbons (Fsp3) is 0.364. The van der Waals surface area contributed by atoms with Gasteiger partial charge in [-0.2, -0.15) is 0 Å². The van der Waals surface area contributed by atoms with Gasteiger partial charge in [0.05, 0.1) is 3.92 Å². The van der Waals surface area contributed by atoms with E-state index in [1.165, 1.54) is 5.56 Å². The molecule has 0 radical (unpaired) electrons. The third-order valence-corrected chi connectivity index (χ3v) is 3.66. The molecule has 13 heavy (non-hydrogen) atoms. The number of alkyl halides is 1. The van der Waals surface area contributed by atoms with Gasteiger partial charge in [-0.15, -0.1) is 0 Å². The molecular formula is C11H11IO. The average Bonchev–Trinajstić information content (AvgIpc) is 2.29. The van der Waals surface area contributed by atoms with E-state index in [0.717, 1.165) is 24.8 Å². The fourth-order valence-corrected chi connectivity index (χ4v) is 2.53. The summed E-state index contributed by atoms with van der Waals surface area (Å²) in [7, 11) is 0. The normalized spacial score (nSPS) is 22.2. The standard InChI is InChI=1S/C11H11IO/c12-10-7-3-5-8-4-1-2-6-9(8)11(10)13/h1-2,4,6,10H,3,5,7H2. The highest BCUT2D eigenvalue weighted by Gasteiger charge is 2.22. The molecule has 0 amide bonds. The van der Waals surface area contributed by atoms with Crippen LogP contribution in [0.2, 0.25) is 0 Å². The number of hydrogen-bond donors (Lipinski definition) is 0. The van der Waals surface area contributed by atoms with Crippen LogP contribution in [0.3, 0.4) is 0 Å². The fourth-order valence-electron chi connectivity index (χ4n) is 1.75. The smallest absolute Gasteiger partial charge is 0.175 e. The quantitative estimate of drug-likeness (QED) is 0.407. The average molecular weight is 286 g/mol. The molecule has 0 fully saturated rings. The van der Waals surface area contributed by atoms with E-state index < -0.39 is 0 Å². The SMILES string of the molecule is O=C1c2ccccc2CCCC1I. The summed E-state index contributed by atoms with van der Waals surface area (Å²) < 4.78 is 0.182. The Hall–Kier alpha value is -0.380. The van der Waals surface area contributed by atoms with Gasteiger partial charge in [0.2, 0.25) is 0 Å². The van der Waals surface area contributed by atoms with E-state index in [-0.39, 0.29) is 3.92 Å². The first-order valence-corrected chi connectivity index (χ1v) is 5.80. The molecule has 0 saturated heterocycles. The number of carbonyl (C=O) groups excluding carboxylic acids is 1. The first-order valence-electron chi connectivity index (χ1n) is 4.55. The Morgan fingerprint density at radius 3 is 2.92 bits per heavy atom. The van der Waals surface area contributed by atoms with E-state index >= 15 is 0 Å². The van der Waals surface area contributed by atoms with Gasteiger partial charge in [0.1, 0.15) is 0 Å². The molecule has 0 N–H and O–H groups in total. The number of hydrogen-bond acceptors (Lipinski definition) is 1. The topological polar surface area (TPSA) is 17.1 Å². The molecule has 0 aliphatic heterocycles. The maximum Gasteiger partial charge on any atom is 0.175 e. The lowest BCUT2D eigenvalue weighted by Gasteiger charge is -2.05. The van der Waals surface area contributed by atoms with Crippen molar-refractivity contribution in [2.24, 2.45) is 0 Å². The molecule has 0 spiro atoms. The molecule has 1 aliphatic rings. The number of halogens is 1. The number of carbonyl (C=O) groups is 1. The summed E-state index contributed by atoms with van der Waals surface area (Å²) in [6.45, 7) is 0. The lowest BCUT2D eigenvalue weighted by molar-refractivity contribution is 0.0993. The molecule has 1 aromatic carbocycles. The summed E-state index contributed by atoms with van der Waals surface area (Å²) in [5.41, 5.74) is 2.17. The van der Waals surface area contributed by atoms with Crippen LogP contribution in [0.1, 0.15) is 28.8 Å². The lowest BCUT2D eigenvalue weighted by Crippen LogP contribution is -2.12. The molecule has 0 saturated carbocycles. The molecule has 1 nitrogen and oxygen atoms in total. The van der Waals surface area contributed by atoms with Gasteiger partial charge < -0.3 is 0 Å². The third-order valence-electron chi connectivity index (χ3n) is 2.47. The van der Waals surface area contributed by atoms with Crippen LogP contribution in [0.15, 0.2) is 24.3 Å². The number of fused-ring (bicyclic) bond motifs is 1. The van der Waals surface area contributed by atoms with Crippen LogP contribution in [0, 0.1) is 0 Å². The zero-order chi connectivity index (χ0) is 9.26. The van der Waals surface area contributed by atoms with Crippen molar-refractivity contribution in [3.8, 4) is 0 Å². The lowest BCUT2D eigenvalue weighted by atomic mass is 10.0. The number of aryl methyl sites for hydroxylation is 1. The van der Waals surface area contributed by atoms with Crippen LogP contribution in [-0.4, -0.2) is 9.71 Å². The summed E-state index contributed by atoms with van der Waals surface area (Å²) in [6, 6.07) is 7.99. The number of ketones is 1. The van der Waals surface area contributed by atoms with Crippen molar-refractivity contribution in [1.29, 1.82) is 0 Å². The Labute approximate surface area is 91.7 Å². The molecule has 1 atom stereocenters. The summed E-state index contributed by atoms with van der Waals surface area (Å²) in [6.07, 6.45) is 3.21. The van der Waals surface area contributed by atoms with E-state index in [9.17, 15) is 4.79 Å². The van der Waals surface area contributed by atoms with Gasteiger partial charge in [0, 0.05) is 5.56 Å². The monoisotopic (exact) mass is 286 g/mol. The third kappa shape index (κ3) is 1.77. The van der Waals surface area contributed by atoms with Crippen LogP contribution in [0.5, 0.6) is 0 Å². The van der Waals surface area contributed by atoms with Crippen molar-refractivity contribution < 1.29 is 4.79 Å². The van der Waals surface area contributed by atoms with E-state index in [4.69, 9.17) is 0 Å². The summed E-state index contributed by atoms with van der Waals surface area (Å²) in [5, 5.41) is 0. The zero-order valence-corrected chi connectivity index (χ0v) is 9.45. The second-order valence-corrected chi connectivity index (χ2v) is 4.88. The van der Waals surface area contributed by atoms with Gasteiger partial charge in [-0.25, -0.2) is 0 Å². The van der Waals surface area contributed by atoms with E-state index in [1.54, 1.807) is 0 Å². The molecule has 1 aliphatic carbocycles. The highest BCUT2D eigenvalue weighted by molar-refractivity contribution is 14.1. The molecule has 2 heteroatoms. The molecule has 0 aromatic heterocycles. The summed E-state index contributed by atoms with van der Waals surface area (Å²) in [4.78, 5) is 11.8. The van der Waals surface area contributed by atoms with Crippen LogP contribution in [-0.2, 0) is 6.42 Å². The van der Waals surface area contributed by atoms with E-state index in [2.05, 4.69) is 28.7 Å². The Bertz CT molecular complexity index is 333. The second kappa shape index (κ2) is 3.78. The van der Waals surface area contributed by atoms with Crippen LogP contribution < -0.4 is 0 Å². The van der Waals surface area contributed by atoms with Crippen LogP contribution in [0.4, 0.5) is 0 Å². The van der Waals surface area contributed by atoms with Crippen molar-refractivity contribution in [1.82, 2.24) is 0 Å². The zero-order valence-electron chi connectivity index (χ0n) is 7.29. The Kier molecular flexibility index (Phi) is 2.67. The Morgan fingerprint density at radius 2 is 2.08 bits per heavy atom. The largest absolute Gasteiger partial charge is 0.293 e. The molecule has 2 rings (SSSR count). The van der Waals surface area contributed by atoms with Gasteiger partial charge in [-0.05, 0) is 24.8 Å². The van der Waals surface area contributed by atoms with Crippen molar-refractivity contribution in [2.75, 3.05) is 0 Å². The van der Waals surface area contributed by atoms with E-state index in [0.29, 0.717) is 5.78 Å². The highest BCUT2D eigenvalue weighted by atomic mass is 127. The maximum atomic E-state index is 11.8. The first kappa shape index (κ1) is 9.19. The minimum absolute atomic E-state index is 0.182. The molecule has 1 aromatic rings. The Morgan fingerprint density at radius 1 is 1.31 bits per heavy atom. The van der Waals surface area contributed by atoms with Gasteiger partial charge in [0.25, 0.3) is 0 Å². The van der Waals surface area contributed by atoms with E-state index in [1.807, 2.05) is 18.2 Å². The highest BCUT2D eigenvalue weighted by Crippen LogP contribution is 2.24. The van der Waals surface area contributed by atoms with Crippen molar-refractivity contribution in [2.45, 2.75) is 23.2 Å². The first-order chi connectivity index (χ1) is 6.29. The van der Waals surface area contributed by atoms with Crippen molar-refractivity contribution in [3.05, 3.63) is 35.4 Å². The number of benzene rings is 1. The number of rotatable bonds is 0. The van der Waals surface area contributed by atoms with Crippen LogP contribution in [0.25, 0.3) is 0 Å². The molecule has 68 valence electrons. The predicted octanol–water partition coefficient (Wildman–Crippen LogP) is 3.01. The van der Waals surface area contributed by atoms with Crippen molar-refractivity contribution >= 4 is 28.4 Å². The summed E-state index contributed by atoms with van der Waals surface area (Å²) >= 11 is 2.25. The molecule has 0 heterocycles. The minimum atomic E-state index is 0.182.